The molecule has 0 aromatic rings. The quantitative estimate of drug-likeness (QED) is 0.512. The summed E-state index contributed by atoms with van der Waals surface area (Å²) in [5, 5.41) is 0. The lowest BCUT2D eigenvalue weighted by Gasteiger charge is -2.22. The molecule has 0 aromatic heterocycles. The zero-order valence-electron chi connectivity index (χ0n) is 6.33. The van der Waals surface area contributed by atoms with Gasteiger partial charge in [0.25, 0.3) is 0 Å². The first-order chi connectivity index (χ1) is 3.85. The second kappa shape index (κ2) is 5.36. The van der Waals surface area contributed by atoms with Gasteiger partial charge in [-0.25, -0.2) is 0 Å². The van der Waals surface area contributed by atoms with Crippen molar-refractivity contribution in [3.8, 4) is 0 Å². The third kappa shape index (κ3) is 3.25. The summed E-state index contributed by atoms with van der Waals surface area (Å²) in [6.07, 6.45) is 1.40. The Kier molecular flexibility index (Phi) is 5.50. The van der Waals surface area contributed by atoms with Crippen LogP contribution in [0, 0.1) is 0 Å². The maximum Gasteiger partial charge on any atom is -0.0682 e. The lowest BCUT2D eigenvalue weighted by molar-refractivity contribution is 1.04. The van der Waals surface area contributed by atoms with Crippen LogP contribution in [-0.4, -0.2) is 8.80 Å². The zero-order chi connectivity index (χ0) is 6.41. The first kappa shape index (κ1) is 8.22. The predicted molar refractivity (Wildman–Crippen MR) is 41.8 cm³/mol. The molecule has 0 saturated carbocycles. The van der Waals surface area contributed by atoms with Crippen LogP contribution in [0.25, 0.3) is 0 Å². The molecule has 0 atom stereocenters. The Morgan fingerprint density at radius 1 is 1.00 bits per heavy atom. The summed E-state index contributed by atoms with van der Waals surface area (Å²) in [7, 11) is 0.126. The molecule has 0 aromatic carbocycles. The van der Waals surface area contributed by atoms with Gasteiger partial charge in [-0.3, -0.25) is 8.80 Å². The maximum absolute atomic E-state index is 2.33. The van der Waals surface area contributed by atoms with Gasteiger partial charge >= 0.3 is 0 Å². The average Bonchev–Trinajstić information content (AvgIpc) is 1.83. The van der Waals surface area contributed by atoms with E-state index in [9.17, 15) is 0 Å². The summed E-state index contributed by atoms with van der Waals surface area (Å²) in [5.41, 5.74) is 0. The van der Waals surface area contributed by atoms with Crippen LogP contribution in [0.4, 0.5) is 0 Å². The van der Waals surface area contributed by atoms with E-state index < -0.39 is 0 Å². The molecule has 0 rings (SSSR count). The first-order valence-corrected chi connectivity index (χ1v) is 5.80. The van der Waals surface area contributed by atoms with E-state index >= 15 is 0 Å². The van der Waals surface area contributed by atoms with Gasteiger partial charge in [0, 0.05) is 0 Å². The lowest BCUT2D eigenvalue weighted by atomic mass is 10.6. The van der Waals surface area contributed by atoms with E-state index in [2.05, 4.69) is 20.8 Å². The number of rotatable bonds is 4. The summed E-state index contributed by atoms with van der Waals surface area (Å²) < 4.78 is 0. The highest BCUT2D eigenvalue weighted by atomic mass is 28.3. The Labute approximate surface area is 54.9 Å². The van der Waals surface area contributed by atoms with Crippen LogP contribution in [0.5, 0.6) is 0 Å². The molecule has 0 heterocycles. The first-order valence-electron chi connectivity index (χ1n) is 3.68. The minimum absolute atomic E-state index is 0.126. The van der Waals surface area contributed by atoms with Crippen LogP contribution >= 0.6 is 0 Å². The van der Waals surface area contributed by atoms with E-state index in [1.807, 2.05) is 0 Å². The van der Waals surface area contributed by atoms with Crippen molar-refractivity contribution >= 4 is 8.80 Å². The van der Waals surface area contributed by atoms with Gasteiger partial charge in [0.05, 0.1) is 0 Å². The zero-order valence-corrected chi connectivity index (χ0v) is 7.33. The second-order valence-corrected chi connectivity index (χ2v) is 5.62. The lowest BCUT2D eigenvalue weighted by Crippen LogP contribution is -2.06. The average molecular weight is 129 g/mol. The standard InChI is InChI=1S/C7H17Si/c1-4-7-8(5-2)6-3/h4-7H2,1-3H3/q-1. The van der Waals surface area contributed by atoms with Crippen LogP contribution in [0.3, 0.4) is 0 Å². The molecule has 8 heavy (non-hydrogen) atoms. The molecule has 0 amide bonds. The molecule has 0 bridgehead atoms. The third-order valence-electron chi connectivity index (χ3n) is 1.60. The molecule has 0 radical (unpaired) electrons. The van der Waals surface area contributed by atoms with Crippen LogP contribution < -0.4 is 0 Å². The highest BCUT2D eigenvalue weighted by Gasteiger charge is 1.84. The van der Waals surface area contributed by atoms with Gasteiger partial charge in [-0.2, -0.15) is 18.1 Å². The monoisotopic (exact) mass is 129 g/mol. The van der Waals surface area contributed by atoms with Crippen molar-refractivity contribution in [1.29, 1.82) is 0 Å². The molecule has 0 saturated heterocycles. The second-order valence-electron chi connectivity index (χ2n) is 2.21. The van der Waals surface area contributed by atoms with E-state index in [0.717, 1.165) is 0 Å². The summed E-state index contributed by atoms with van der Waals surface area (Å²) in [5.74, 6) is 0. The largest absolute Gasteiger partial charge is 0.260 e. The van der Waals surface area contributed by atoms with Crippen molar-refractivity contribution in [3.63, 3.8) is 0 Å². The molecule has 0 nitrogen and oxygen atoms in total. The van der Waals surface area contributed by atoms with Gasteiger partial charge in [0.15, 0.2) is 0 Å². The molecule has 0 aliphatic carbocycles. The van der Waals surface area contributed by atoms with E-state index in [1.165, 1.54) is 24.6 Å². The van der Waals surface area contributed by atoms with Crippen LogP contribution in [0.2, 0.25) is 18.1 Å². The SMILES string of the molecule is CCC[Si-](CC)CC. The molecule has 0 spiro atoms. The third-order valence-corrected chi connectivity index (χ3v) is 4.81. The van der Waals surface area contributed by atoms with Crippen molar-refractivity contribution < 1.29 is 0 Å². The van der Waals surface area contributed by atoms with Crippen LogP contribution in [-0.2, 0) is 0 Å². The van der Waals surface area contributed by atoms with Crippen LogP contribution in [0.1, 0.15) is 27.2 Å². The fourth-order valence-corrected chi connectivity index (χ4v) is 2.87. The topological polar surface area (TPSA) is 0 Å². The van der Waals surface area contributed by atoms with Crippen molar-refractivity contribution in [2.24, 2.45) is 0 Å². The van der Waals surface area contributed by atoms with E-state index in [1.54, 1.807) is 0 Å². The Morgan fingerprint density at radius 2 is 1.50 bits per heavy atom. The molecule has 0 aliphatic rings. The molecule has 0 aliphatic heterocycles. The van der Waals surface area contributed by atoms with Crippen molar-refractivity contribution in [1.82, 2.24) is 0 Å². The van der Waals surface area contributed by atoms with Gasteiger partial charge < -0.3 is 0 Å². The van der Waals surface area contributed by atoms with Gasteiger partial charge in [-0.1, -0.05) is 27.2 Å². The van der Waals surface area contributed by atoms with E-state index in [4.69, 9.17) is 0 Å². The molecular weight excluding hydrogens is 112 g/mol. The summed E-state index contributed by atoms with van der Waals surface area (Å²) in [6, 6.07) is 4.46. The molecule has 0 unspecified atom stereocenters. The maximum atomic E-state index is 2.33. The fraction of sp³-hybridized carbons (Fsp3) is 1.00. The molecule has 0 N–H and O–H groups in total. The molecule has 1 heteroatoms. The Morgan fingerprint density at radius 3 is 1.62 bits per heavy atom. The summed E-state index contributed by atoms with van der Waals surface area (Å²) in [4.78, 5) is 0. The van der Waals surface area contributed by atoms with E-state index in [-0.39, 0.29) is 8.80 Å². The van der Waals surface area contributed by atoms with Crippen molar-refractivity contribution in [3.05, 3.63) is 0 Å². The Balaban J connectivity index is 3.07. The fourth-order valence-electron chi connectivity index (χ4n) is 0.957. The number of hydrogen-bond acceptors (Lipinski definition) is 0. The summed E-state index contributed by atoms with van der Waals surface area (Å²) in [6.45, 7) is 6.94. The molecular formula is C7H17Si-. The normalized spacial score (nSPS) is 10.5. The highest BCUT2D eigenvalue weighted by Crippen LogP contribution is 2.05. The number of hydrogen-bond donors (Lipinski definition) is 0. The van der Waals surface area contributed by atoms with E-state index in [0.29, 0.717) is 0 Å². The summed E-state index contributed by atoms with van der Waals surface area (Å²) >= 11 is 0. The smallest absolute Gasteiger partial charge is 0.0682 e. The minimum Gasteiger partial charge on any atom is -0.260 e. The molecule has 0 fully saturated rings. The van der Waals surface area contributed by atoms with Crippen LogP contribution in [0.15, 0.2) is 0 Å². The van der Waals surface area contributed by atoms with Gasteiger partial charge in [-0.15, -0.1) is 0 Å². The molecule has 50 valence electrons. The minimum atomic E-state index is 0.126. The Hall–Kier alpha value is 0.217. The highest BCUT2D eigenvalue weighted by molar-refractivity contribution is 6.58. The predicted octanol–water partition coefficient (Wildman–Crippen LogP) is 2.93. The van der Waals surface area contributed by atoms with Crippen molar-refractivity contribution in [2.75, 3.05) is 0 Å². The van der Waals surface area contributed by atoms with Crippen molar-refractivity contribution in [2.45, 2.75) is 45.3 Å². The van der Waals surface area contributed by atoms with Gasteiger partial charge in [0.1, 0.15) is 0 Å². The van der Waals surface area contributed by atoms with Gasteiger partial charge in [0.2, 0.25) is 0 Å². The Bertz CT molecular complexity index is 39.7. The van der Waals surface area contributed by atoms with Gasteiger partial charge in [-0.05, 0) is 0 Å².